The second-order valence-corrected chi connectivity index (χ2v) is 7.48. The number of carbonyl (C=O) groups excluding carboxylic acids is 2. The SMILES string of the molecule is Cc1cccc(C(=O)Nc2cc(-c3ccccc3)nc(NC(=O)c3cccc(C)c3)n2)c1. The normalized spacial score (nSPS) is 10.4. The van der Waals surface area contributed by atoms with Gasteiger partial charge >= 0.3 is 0 Å². The zero-order valence-corrected chi connectivity index (χ0v) is 17.8. The minimum Gasteiger partial charge on any atom is -0.306 e. The van der Waals surface area contributed by atoms with Crippen molar-refractivity contribution in [3.05, 3.63) is 107 Å². The summed E-state index contributed by atoms with van der Waals surface area (Å²) in [7, 11) is 0. The first-order valence-corrected chi connectivity index (χ1v) is 10.2. The quantitative estimate of drug-likeness (QED) is 0.459. The van der Waals surface area contributed by atoms with Crippen molar-refractivity contribution in [3.63, 3.8) is 0 Å². The van der Waals surface area contributed by atoms with Crippen LogP contribution < -0.4 is 10.6 Å². The molecule has 0 spiro atoms. The highest BCUT2D eigenvalue weighted by Crippen LogP contribution is 2.22. The molecule has 32 heavy (non-hydrogen) atoms. The Hall–Kier alpha value is -4.32. The summed E-state index contributed by atoms with van der Waals surface area (Å²) >= 11 is 0. The van der Waals surface area contributed by atoms with Crippen LogP contribution in [-0.2, 0) is 0 Å². The van der Waals surface area contributed by atoms with E-state index in [1.165, 1.54) is 0 Å². The van der Waals surface area contributed by atoms with E-state index >= 15 is 0 Å². The molecule has 0 saturated heterocycles. The topological polar surface area (TPSA) is 84.0 Å². The maximum atomic E-state index is 12.7. The minimum absolute atomic E-state index is 0.109. The monoisotopic (exact) mass is 422 g/mol. The van der Waals surface area contributed by atoms with Crippen molar-refractivity contribution in [2.24, 2.45) is 0 Å². The molecule has 0 unspecified atom stereocenters. The van der Waals surface area contributed by atoms with Crippen LogP contribution in [0.4, 0.5) is 11.8 Å². The molecule has 0 atom stereocenters. The Morgan fingerprint density at radius 1 is 0.656 bits per heavy atom. The van der Waals surface area contributed by atoms with Gasteiger partial charge in [0.05, 0.1) is 5.69 Å². The predicted molar refractivity (Wildman–Crippen MR) is 126 cm³/mol. The number of nitrogens with zero attached hydrogens (tertiary/aromatic N) is 2. The minimum atomic E-state index is -0.324. The van der Waals surface area contributed by atoms with E-state index in [9.17, 15) is 9.59 Å². The summed E-state index contributed by atoms with van der Waals surface area (Å²) in [6, 6.07) is 25.7. The van der Waals surface area contributed by atoms with Gasteiger partial charge in [-0.25, -0.2) is 4.98 Å². The van der Waals surface area contributed by atoms with Gasteiger partial charge in [0.2, 0.25) is 5.95 Å². The van der Waals surface area contributed by atoms with Crippen LogP contribution in [0.2, 0.25) is 0 Å². The lowest BCUT2D eigenvalue weighted by molar-refractivity contribution is 0.101. The van der Waals surface area contributed by atoms with Crippen molar-refractivity contribution in [3.8, 4) is 11.3 Å². The average Bonchev–Trinajstić information content (AvgIpc) is 2.79. The summed E-state index contributed by atoms with van der Waals surface area (Å²) in [5.41, 5.74) is 4.41. The van der Waals surface area contributed by atoms with E-state index in [2.05, 4.69) is 20.6 Å². The molecule has 4 rings (SSSR count). The van der Waals surface area contributed by atoms with Crippen molar-refractivity contribution >= 4 is 23.6 Å². The van der Waals surface area contributed by atoms with Gasteiger partial charge in [-0.05, 0) is 38.1 Å². The number of amides is 2. The number of hydrogen-bond donors (Lipinski definition) is 2. The largest absolute Gasteiger partial charge is 0.306 e. The van der Waals surface area contributed by atoms with Gasteiger partial charge in [-0.1, -0.05) is 65.7 Å². The molecule has 0 radical (unpaired) electrons. The molecular weight excluding hydrogens is 400 g/mol. The molecule has 0 bridgehead atoms. The fourth-order valence-corrected chi connectivity index (χ4v) is 3.26. The van der Waals surface area contributed by atoms with Crippen LogP contribution in [-0.4, -0.2) is 21.8 Å². The molecule has 2 N–H and O–H groups in total. The Morgan fingerprint density at radius 3 is 1.84 bits per heavy atom. The molecule has 4 aromatic rings. The zero-order valence-electron chi connectivity index (χ0n) is 17.8. The van der Waals surface area contributed by atoms with E-state index in [1.54, 1.807) is 30.3 Å². The maximum Gasteiger partial charge on any atom is 0.258 e. The Bertz CT molecular complexity index is 1210. The first-order valence-electron chi connectivity index (χ1n) is 10.2. The van der Waals surface area contributed by atoms with Crippen molar-refractivity contribution in [2.75, 3.05) is 10.6 Å². The fourth-order valence-electron chi connectivity index (χ4n) is 3.26. The van der Waals surface area contributed by atoms with Crippen molar-refractivity contribution in [1.82, 2.24) is 9.97 Å². The van der Waals surface area contributed by atoms with Crippen LogP contribution in [0.15, 0.2) is 84.9 Å². The first-order chi connectivity index (χ1) is 15.5. The van der Waals surface area contributed by atoms with Crippen molar-refractivity contribution in [2.45, 2.75) is 13.8 Å². The molecule has 6 nitrogen and oxygen atoms in total. The lowest BCUT2D eigenvalue weighted by atomic mass is 10.1. The number of aryl methyl sites for hydroxylation is 2. The molecule has 6 heteroatoms. The number of carbonyl (C=O) groups is 2. The van der Waals surface area contributed by atoms with Gasteiger partial charge in [-0.2, -0.15) is 4.98 Å². The van der Waals surface area contributed by atoms with Gasteiger partial charge in [-0.15, -0.1) is 0 Å². The van der Waals surface area contributed by atoms with E-state index in [-0.39, 0.29) is 17.8 Å². The van der Waals surface area contributed by atoms with Crippen molar-refractivity contribution in [1.29, 1.82) is 0 Å². The van der Waals surface area contributed by atoms with Crippen molar-refractivity contribution < 1.29 is 9.59 Å². The molecule has 1 aromatic heterocycles. The Kier molecular flexibility index (Phi) is 6.03. The molecular formula is C26H22N4O2. The highest BCUT2D eigenvalue weighted by atomic mass is 16.2. The highest BCUT2D eigenvalue weighted by Gasteiger charge is 2.14. The lowest BCUT2D eigenvalue weighted by Gasteiger charge is -2.11. The van der Waals surface area contributed by atoms with E-state index in [1.807, 2.05) is 68.4 Å². The maximum absolute atomic E-state index is 12.7. The van der Waals surface area contributed by atoms with Gasteiger partial charge in [0, 0.05) is 22.8 Å². The van der Waals surface area contributed by atoms with E-state index in [0.29, 0.717) is 22.6 Å². The Morgan fingerprint density at radius 2 is 1.25 bits per heavy atom. The summed E-state index contributed by atoms with van der Waals surface area (Å²) in [5.74, 6) is -0.209. The Labute approximate surface area is 186 Å². The summed E-state index contributed by atoms with van der Waals surface area (Å²) in [6.45, 7) is 3.84. The molecule has 1 heterocycles. The molecule has 158 valence electrons. The summed E-state index contributed by atoms with van der Waals surface area (Å²) in [6.07, 6.45) is 0. The molecule has 2 amide bonds. The summed E-state index contributed by atoms with van der Waals surface area (Å²) in [4.78, 5) is 34.3. The summed E-state index contributed by atoms with van der Waals surface area (Å²) in [5, 5.41) is 5.56. The van der Waals surface area contributed by atoms with Crippen LogP contribution in [0, 0.1) is 13.8 Å². The number of anilines is 2. The van der Waals surface area contributed by atoms with Gasteiger partial charge in [0.15, 0.2) is 0 Å². The standard InChI is InChI=1S/C26H22N4O2/c1-17-8-6-12-20(14-17)24(31)28-23-16-22(19-10-4-3-5-11-19)27-26(29-23)30-25(32)21-13-7-9-18(2)15-21/h3-16H,1-2H3,(H2,27,28,29,30,31,32). The van der Waals surface area contributed by atoms with Crippen LogP contribution in [0.3, 0.4) is 0 Å². The number of rotatable bonds is 5. The van der Waals surface area contributed by atoms with Crippen LogP contribution >= 0.6 is 0 Å². The van der Waals surface area contributed by atoms with Gasteiger partial charge in [0.1, 0.15) is 5.82 Å². The molecule has 0 aliphatic carbocycles. The molecule has 0 saturated carbocycles. The van der Waals surface area contributed by atoms with Crippen LogP contribution in [0.5, 0.6) is 0 Å². The molecule has 0 aliphatic heterocycles. The molecule has 0 fully saturated rings. The molecule has 0 aliphatic rings. The average molecular weight is 422 g/mol. The van der Waals surface area contributed by atoms with E-state index in [0.717, 1.165) is 16.7 Å². The van der Waals surface area contributed by atoms with Gasteiger partial charge < -0.3 is 5.32 Å². The van der Waals surface area contributed by atoms with Crippen LogP contribution in [0.1, 0.15) is 31.8 Å². The third kappa shape index (κ3) is 5.05. The second-order valence-electron chi connectivity index (χ2n) is 7.48. The summed E-state index contributed by atoms with van der Waals surface area (Å²) < 4.78 is 0. The predicted octanol–water partition coefficient (Wildman–Crippen LogP) is 5.27. The number of benzene rings is 3. The van der Waals surface area contributed by atoms with Crippen LogP contribution in [0.25, 0.3) is 11.3 Å². The number of aromatic nitrogens is 2. The third-order valence-electron chi connectivity index (χ3n) is 4.82. The second kappa shape index (κ2) is 9.22. The Balaban J connectivity index is 1.66. The highest BCUT2D eigenvalue weighted by molar-refractivity contribution is 6.05. The first kappa shape index (κ1) is 20.9. The number of nitrogens with one attached hydrogen (secondary N) is 2. The zero-order chi connectivity index (χ0) is 22.5. The molecule has 3 aromatic carbocycles. The third-order valence-corrected chi connectivity index (χ3v) is 4.82. The van der Waals surface area contributed by atoms with Gasteiger partial charge in [-0.3, -0.25) is 14.9 Å². The fraction of sp³-hybridized carbons (Fsp3) is 0.0769. The van der Waals surface area contributed by atoms with Gasteiger partial charge in [0.25, 0.3) is 11.8 Å². The van der Waals surface area contributed by atoms with E-state index < -0.39 is 0 Å². The lowest BCUT2D eigenvalue weighted by Crippen LogP contribution is -2.17. The smallest absolute Gasteiger partial charge is 0.258 e. The number of hydrogen-bond acceptors (Lipinski definition) is 4. The van der Waals surface area contributed by atoms with E-state index in [4.69, 9.17) is 0 Å².